The molecule has 3 aromatic rings. The molecule has 0 atom stereocenters. The molecule has 3 heterocycles. The summed E-state index contributed by atoms with van der Waals surface area (Å²) in [5, 5.41) is 13.7. The Hall–Kier alpha value is -2.18. The van der Waals surface area contributed by atoms with Crippen molar-refractivity contribution in [1.82, 2.24) is 24.5 Å². The number of aromatic nitrogens is 2. The van der Waals surface area contributed by atoms with Gasteiger partial charge in [0, 0.05) is 49.3 Å². The quantitative estimate of drug-likeness (QED) is 0.464. The molecule has 1 aromatic carbocycles. The third kappa shape index (κ3) is 4.35. The molecule has 1 aliphatic heterocycles. The largest absolute Gasteiger partial charge is 0.494 e. The van der Waals surface area contributed by atoms with Crippen LogP contribution in [0.3, 0.4) is 0 Å². The van der Waals surface area contributed by atoms with Gasteiger partial charge in [-0.05, 0) is 47.2 Å². The van der Waals surface area contributed by atoms with Crippen molar-refractivity contribution >= 4 is 55.2 Å². The Morgan fingerprint density at radius 3 is 2.50 bits per heavy atom. The predicted octanol–water partition coefficient (Wildman–Crippen LogP) is 2.42. The van der Waals surface area contributed by atoms with Crippen molar-refractivity contribution in [2.24, 2.45) is 0 Å². The van der Waals surface area contributed by atoms with Crippen LogP contribution in [0.15, 0.2) is 39.8 Å². The van der Waals surface area contributed by atoms with Gasteiger partial charge in [-0.2, -0.15) is 4.31 Å². The Balaban J connectivity index is 0.00000289. The molecular weight excluding hydrogens is 522 g/mol. The number of likely N-dealkylation sites (N-methyl/N-ethyl adjacent to an activating group) is 1. The standard InChI is InChI=1S/C20H22BrN5O4S.ClH/c1-22-19(27)13-9-14-17(10-15(13)21)24-20(28)18(14)16-4-3-12(11-23-16)31(29,30)26-7-5-25(2)6-8-26;/h3-4,9-11,24,28H,5-8H2,1-2H3,(H,22,27);1H. The van der Waals surface area contributed by atoms with Gasteiger partial charge in [0.25, 0.3) is 5.91 Å². The number of halogens is 2. The zero-order valence-corrected chi connectivity index (χ0v) is 20.6. The third-order valence-electron chi connectivity index (χ3n) is 5.43. The second-order valence-corrected chi connectivity index (χ2v) is 10.2. The van der Waals surface area contributed by atoms with Gasteiger partial charge in [-0.25, -0.2) is 8.42 Å². The number of nitrogens with one attached hydrogen (secondary N) is 2. The molecule has 12 heteroatoms. The lowest BCUT2D eigenvalue weighted by Gasteiger charge is -2.31. The zero-order chi connectivity index (χ0) is 22.3. The molecule has 0 spiro atoms. The van der Waals surface area contributed by atoms with Crippen LogP contribution in [0.5, 0.6) is 5.88 Å². The van der Waals surface area contributed by atoms with Crippen LogP contribution in [-0.4, -0.2) is 78.9 Å². The van der Waals surface area contributed by atoms with E-state index < -0.39 is 10.0 Å². The number of hydrogen-bond donors (Lipinski definition) is 3. The number of benzene rings is 1. The van der Waals surface area contributed by atoms with Gasteiger partial charge in [-0.3, -0.25) is 9.78 Å². The summed E-state index contributed by atoms with van der Waals surface area (Å²) in [7, 11) is -0.138. The number of pyridine rings is 1. The summed E-state index contributed by atoms with van der Waals surface area (Å²) in [6, 6.07) is 6.41. The fourth-order valence-electron chi connectivity index (χ4n) is 3.63. The highest BCUT2D eigenvalue weighted by Crippen LogP contribution is 2.38. The lowest BCUT2D eigenvalue weighted by molar-refractivity contribution is 0.0962. The van der Waals surface area contributed by atoms with E-state index in [-0.39, 0.29) is 29.1 Å². The number of H-pyrrole nitrogens is 1. The topological polar surface area (TPSA) is 119 Å². The molecule has 0 unspecified atom stereocenters. The van der Waals surface area contributed by atoms with E-state index in [9.17, 15) is 18.3 Å². The van der Waals surface area contributed by atoms with Crippen molar-refractivity contribution in [3.8, 4) is 17.1 Å². The molecule has 3 N–H and O–H groups in total. The van der Waals surface area contributed by atoms with Crippen LogP contribution < -0.4 is 5.32 Å². The first-order valence-electron chi connectivity index (χ1n) is 9.63. The maximum Gasteiger partial charge on any atom is 0.252 e. The Morgan fingerprint density at radius 2 is 1.91 bits per heavy atom. The molecule has 9 nitrogen and oxygen atoms in total. The molecule has 0 aliphatic carbocycles. The fourth-order valence-corrected chi connectivity index (χ4v) is 5.52. The van der Waals surface area contributed by atoms with Gasteiger partial charge in [0.2, 0.25) is 10.0 Å². The summed E-state index contributed by atoms with van der Waals surface area (Å²) < 4.78 is 27.9. The highest BCUT2D eigenvalue weighted by atomic mass is 79.9. The normalized spacial score (nSPS) is 15.5. The number of rotatable bonds is 4. The number of piperazine rings is 1. The number of carbonyl (C=O) groups is 1. The monoisotopic (exact) mass is 543 g/mol. The summed E-state index contributed by atoms with van der Waals surface area (Å²) in [5.74, 6) is -0.389. The minimum absolute atomic E-state index is 0. The molecule has 1 fully saturated rings. The Morgan fingerprint density at radius 1 is 1.22 bits per heavy atom. The van der Waals surface area contributed by atoms with E-state index >= 15 is 0 Å². The summed E-state index contributed by atoms with van der Waals surface area (Å²) in [4.78, 5) is 21.5. The highest BCUT2D eigenvalue weighted by molar-refractivity contribution is 9.10. The smallest absolute Gasteiger partial charge is 0.252 e. The van der Waals surface area contributed by atoms with Gasteiger partial charge >= 0.3 is 0 Å². The summed E-state index contributed by atoms with van der Waals surface area (Å²) >= 11 is 3.37. The third-order valence-corrected chi connectivity index (χ3v) is 7.97. The van der Waals surface area contributed by atoms with E-state index in [1.165, 1.54) is 23.6 Å². The predicted molar refractivity (Wildman–Crippen MR) is 128 cm³/mol. The van der Waals surface area contributed by atoms with Crippen molar-refractivity contribution in [3.63, 3.8) is 0 Å². The van der Waals surface area contributed by atoms with E-state index in [0.717, 1.165) is 0 Å². The van der Waals surface area contributed by atoms with Crippen LogP contribution in [0.2, 0.25) is 0 Å². The second-order valence-electron chi connectivity index (χ2n) is 7.39. The molecule has 0 radical (unpaired) electrons. The Kier molecular flexibility index (Phi) is 7.15. The SMILES string of the molecule is CNC(=O)c1cc2c(-c3ccc(S(=O)(=O)N4CCN(C)CC4)cn3)c(O)[nH]c2cc1Br.Cl. The second kappa shape index (κ2) is 9.36. The number of aromatic amines is 1. The maximum absolute atomic E-state index is 12.9. The van der Waals surface area contributed by atoms with Gasteiger partial charge in [-0.15, -0.1) is 12.4 Å². The molecule has 0 saturated carbocycles. The molecule has 172 valence electrons. The van der Waals surface area contributed by atoms with Crippen LogP contribution in [0.4, 0.5) is 0 Å². The minimum Gasteiger partial charge on any atom is -0.494 e. The number of fused-ring (bicyclic) bond motifs is 1. The van der Waals surface area contributed by atoms with Crippen LogP contribution in [0.1, 0.15) is 10.4 Å². The summed E-state index contributed by atoms with van der Waals surface area (Å²) in [6.45, 7) is 2.22. The first-order chi connectivity index (χ1) is 14.7. The highest BCUT2D eigenvalue weighted by Gasteiger charge is 2.28. The van der Waals surface area contributed by atoms with Crippen molar-refractivity contribution < 1.29 is 18.3 Å². The molecule has 1 saturated heterocycles. The number of amides is 1. The lowest BCUT2D eigenvalue weighted by atomic mass is 10.1. The van der Waals surface area contributed by atoms with Crippen LogP contribution in [-0.2, 0) is 10.0 Å². The van der Waals surface area contributed by atoms with Crippen LogP contribution >= 0.6 is 28.3 Å². The van der Waals surface area contributed by atoms with Gasteiger partial charge in [-0.1, -0.05) is 0 Å². The fraction of sp³-hybridized carbons (Fsp3) is 0.300. The van der Waals surface area contributed by atoms with Crippen molar-refractivity contribution in [1.29, 1.82) is 0 Å². The van der Waals surface area contributed by atoms with Gasteiger partial charge < -0.3 is 20.3 Å². The summed E-state index contributed by atoms with van der Waals surface area (Å²) in [6.07, 6.45) is 1.31. The van der Waals surface area contributed by atoms with E-state index in [4.69, 9.17) is 0 Å². The zero-order valence-electron chi connectivity index (χ0n) is 17.4. The first-order valence-corrected chi connectivity index (χ1v) is 11.9. The van der Waals surface area contributed by atoms with Crippen LogP contribution in [0, 0.1) is 0 Å². The number of carbonyl (C=O) groups excluding carboxylic acids is 1. The van der Waals surface area contributed by atoms with Crippen molar-refractivity contribution in [2.45, 2.75) is 4.90 Å². The number of aromatic hydroxyl groups is 1. The van der Waals surface area contributed by atoms with Crippen molar-refractivity contribution in [3.05, 3.63) is 40.5 Å². The van der Waals surface area contributed by atoms with Crippen LogP contribution in [0.25, 0.3) is 22.2 Å². The first kappa shape index (κ1) is 24.5. The van der Waals surface area contributed by atoms with E-state index in [1.807, 2.05) is 7.05 Å². The molecule has 2 aromatic heterocycles. The molecule has 4 rings (SSSR count). The Labute approximate surface area is 200 Å². The van der Waals surface area contributed by atoms with Gasteiger partial charge in [0.1, 0.15) is 4.90 Å². The van der Waals surface area contributed by atoms with E-state index in [2.05, 4.69) is 36.1 Å². The molecule has 1 amide bonds. The number of hydrogen-bond acceptors (Lipinski definition) is 6. The van der Waals surface area contributed by atoms with Gasteiger partial charge in [0.15, 0.2) is 5.88 Å². The average molecular weight is 545 g/mol. The van der Waals surface area contributed by atoms with E-state index in [0.29, 0.717) is 58.4 Å². The molecule has 32 heavy (non-hydrogen) atoms. The lowest BCUT2D eigenvalue weighted by Crippen LogP contribution is -2.47. The maximum atomic E-state index is 12.9. The Bertz CT molecular complexity index is 1260. The van der Waals surface area contributed by atoms with Gasteiger partial charge in [0.05, 0.1) is 22.3 Å². The summed E-state index contributed by atoms with van der Waals surface area (Å²) in [5.41, 5.74) is 1.81. The molecule has 0 bridgehead atoms. The minimum atomic E-state index is -3.64. The molecular formula is C20H23BrClN5O4S. The van der Waals surface area contributed by atoms with Crippen molar-refractivity contribution in [2.75, 3.05) is 40.3 Å². The molecule has 1 aliphatic rings. The number of nitrogens with zero attached hydrogens (tertiary/aromatic N) is 3. The average Bonchev–Trinajstić information content (AvgIpc) is 3.07. The number of sulfonamides is 1. The van der Waals surface area contributed by atoms with E-state index in [1.54, 1.807) is 18.2 Å².